The van der Waals surface area contributed by atoms with Gasteiger partial charge in [-0.25, -0.2) is 4.98 Å². The smallest absolute Gasteiger partial charge is 0.265 e. The number of benzene rings is 1. The Labute approximate surface area is 157 Å². The van der Waals surface area contributed by atoms with Crippen LogP contribution in [0.15, 0.2) is 35.7 Å². The highest BCUT2D eigenvalue weighted by Crippen LogP contribution is 2.26. The molecular weight excluding hydrogens is 378 g/mol. The van der Waals surface area contributed by atoms with Crippen LogP contribution in [-0.4, -0.2) is 16.8 Å². The molecule has 0 aliphatic carbocycles. The number of hydrogen-bond donors (Lipinski definition) is 2. The van der Waals surface area contributed by atoms with Crippen molar-refractivity contribution in [2.45, 2.75) is 13.8 Å². The summed E-state index contributed by atoms with van der Waals surface area (Å²) in [4.78, 5) is 30.5. The van der Waals surface area contributed by atoms with Crippen LogP contribution in [-0.2, 0) is 0 Å². The van der Waals surface area contributed by atoms with Gasteiger partial charge in [0.2, 0.25) is 0 Å². The Balaban J connectivity index is 1.78. The SMILES string of the molecule is Cc1nc(NC(=O)c2ccc(Cl)c(NC(=O)c3cccs3)c2)sc1C. The summed E-state index contributed by atoms with van der Waals surface area (Å²) in [7, 11) is 0. The first kappa shape index (κ1) is 17.6. The van der Waals surface area contributed by atoms with Crippen molar-refractivity contribution in [3.05, 3.63) is 61.7 Å². The Morgan fingerprint density at radius 3 is 2.56 bits per heavy atom. The minimum absolute atomic E-state index is 0.263. The van der Waals surface area contributed by atoms with E-state index in [1.54, 1.807) is 30.3 Å². The summed E-state index contributed by atoms with van der Waals surface area (Å²) in [6, 6.07) is 8.25. The fourth-order valence-electron chi connectivity index (χ4n) is 2.05. The van der Waals surface area contributed by atoms with Crippen LogP contribution in [0.5, 0.6) is 0 Å². The highest BCUT2D eigenvalue weighted by atomic mass is 35.5. The summed E-state index contributed by atoms with van der Waals surface area (Å²) in [5.74, 6) is -0.572. The van der Waals surface area contributed by atoms with E-state index in [9.17, 15) is 9.59 Å². The third kappa shape index (κ3) is 4.07. The van der Waals surface area contributed by atoms with Crippen LogP contribution in [0.2, 0.25) is 5.02 Å². The Morgan fingerprint density at radius 1 is 1.12 bits per heavy atom. The normalized spacial score (nSPS) is 10.5. The number of aryl methyl sites for hydroxylation is 2. The number of aromatic nitrogens is 1. The molecule has 128 valence electrons. The molecule has 25 heavy (non-hydrogen) atoms. The Morgan fingerprint density at radius 2 is 1.92 bits per heavy atom. The number of amides is 2. The maximum absolute atomic E-state index is 12.4. The molecule has 0 spiro atoms. The van der Waals surface area contributed by atoms with Gasteiger partial charge in [-0.15, -0.1) is 22.7 Å². The van der Waals surface area contributed by atoms with Gasteiger partial charge < -0.3 is 5.32 Å². The lowest BCUT2D eigenvalue weighted by atomic mass is 10.2. The van der Waals surface area contributed by atoms with E-state index in [2.05, 4.69) is 15.6 Å². The second-order valence-corrected chi connectivity index (χ2v) is 7.80. The molecule has 0 saturated carbocycles. The average molecular weight is 392 g/mol. The van der Waals surface area contributed by atoms with E-state index in [1.807, 2.05) is 19.2 Å². The Bertz CT molecular complexity index is 916. The van der Waals surface area contributed by atoms with E-state index in [1.165, 1.54) is 22.7 Å². The molecule has 0 fully saturated rings. The van der Waals surface area contributed by atoms with Crippen molar-refractivity contribution in [3.63, 3.8) is 0 Å². The molecule has 2 amide bonds. The van der Waals surface area contributed by atoms with Crippen LogP contribution < -0.4 is 10.6 Å². The van der Waals surface area contributed by atoms with Crippen LogP contribution in [0.4, 0.5) is 10.8 Å². The largest absolute Gasteiger partial charge is 0.320 e. The zero-order valence-electron chi connectivity index (χ0n) is 13.4. The summed E-state index contributed by atoms with van der Waals surface area (Å²) in [6.07, 6.45) is 0. The zero-order chi connectivity index (χ0) is 18.0. The van der Waals surface area contributed by atoms with Gasteiger partial charge in [-0.1, -0.05) is 17.7 Å². The van der Waals surface area contributed by atoms with Crippen LogP contribution in [0.1, 0.15) is 30.6 Å². The number of carbonyl (C=O) groups excluding carboxylic acids is 2. The first-order valence-electron chi connectivity index (χ1n) is 7.34. The minimum atomic E-state index is -0.308. The molecule has 0 radical (unpaired) electrons. The molecule has 0 aliphatic rings. The van der Waals surface area contributed by atoms with Gasteiger partial charge in [-0.3, -0.25) is 14.9 Å². The summed E-state index contributed by atoms with van der Waals surface area (Å²) >= 11 is 8.88. The number of halogens is 1. The molecule has 2 N–H and O–H groups in total. The van der Waals surface area contributed by atoms with Crippen LogP contribution >= 0.6 is 34.3 Å². The molecule has 5 nitrogen and oxygen atoms in total. The van der Waals surface area contributed by atoms with Gasteiger partial charge in [-0.05, 0) is 43.5 Å². The highest BCUT2D eigenvalue weighted by Gasteiger charge is 2.14. The molecule has 2 aromatic heterocycles. The molecule has 0 unspecified atom stereocenters. The third-order valence-corrected chi connectivity index (χ3v) is 5.66. The summed E-state index contributed by atoms with van der Waals surface area (Å²) < 4.78 is 0. The Hall–Kier alpha value is -2.22. The maximum Gasteiger partial charge on any atom is 0.265 e. The number of carbonyl (C=O) groups is 2. The minimum Gasteiger partial charge on any atom is -0.320 e. The summed E-state index contributed by atoms with van der Waals surface area (Å²) in [5.41, 5.74) is 1.66. The second kappa shape index (κ2) is 7.35. The van der Waals surface area contributed by atoms with Crippen molar-refractivity contribution in [1.82, 2.24) is 4.98 Å². The Kier molecular flexibility index (Phi) is 5.17. The number of rotatable bonds is 4. The van der Waals surface area contributed by atoms with Crippen LogP contribution in [0.25, 0.3) is 0 Å². The number of nitrogens with zero attached hydrogens (tertiary/aromatic N) is 1. The number of anilines is 2. The lowest BCUT2D eigenvalue weighted by Gasteiger charge is -2.09. The standard InChI is InChI=1S/C17H14ClN3O2S2/c1-9-10(2)25-17(19-9)21-15(22)11-5-6-12(18)13(8-11)20-16(23)14-4-3-7-24-14/h3-8H,1-2H3,(H,20,23)(H,19,21,22). The highest BCUT2D eigenvalue weighted by molar-refractivity contribution is 7.15. The monoisotopic (exact) mass is 391 g/mol. The first-order valence-corrected chi connectivity index (χ1v) is 9.41. The van der Waals surface area contributed by atoms with E-state index in [0.717, 1.165) is 10.6 Å². The number of thiophene rings is 1. The fraction of sp³-hybridized carbons (Fsp3) is 0.118. The summed E-state index contributed by atoms with van der Waals surface area (Å²) in [6.45, 7) is 3.84. The van der Waals surface area contributed by atoms with E-state index in [-0.39, 0.29) is 11.8 Å². The number of nitrogens with one attached hydrogen (secondary N) is 2. The predicted octanol–water partition coefficient (Wildman–Crippen LogP) is 4.98. The van der Waals surface area contributed by atoms with Gasteiger partial charge in [0.25, 0.3) is 11.8 Å². The van der Waals surface area contributed by atoms with Gasteiger partial charge >= 0.3 is 0 Å². The van der Waals surface area contributed by atoms with E-state index in [0.29, 0.717) is 26.3 Å². The van der Waals surface area contributed by atoms with Crippen LogP contribution in [0.3, 0.4) is 0 Å². The lowest BCUT2D eigenvalue weighted by molar-refractivity contribution is 0.101. The van der Waals surface area contributed by atoms with E-state index >= 15 is 0 Å². The van der Waals surface area contributed by atoms with Gasteiger partial charge in [0.1, 0.15) is 0 Å². The average Bonchev–Trinajstić information content (AvgIpc) is 3.20. The molecule has 8 heteroatoms. The predicted molar refractivity (Wildman–Crippen MR) is 103 cm³/mol. The van der Waals surface area contributed by atoms with Crippen molar-refractivity contribution in [2.24, 2.45) is 0 Å². The second-order valence-electron chi connectivity index (χ2n) is 5.24. The molecule has 0 atom stereocenters. The van der Waals surface area contributed by atoms with Gasteiger partial charge in [0, 0.05) is 10.4 Å². The number of hydrogen-bond acceptors (Lipinski definition) is 5. The molecular formula is C17H14ClN3O2S2. The molecule has 3 rings (SSSR count). The summed E-state index contributed by atoms with van der Waals surface area (Å²) in [5, 5.41) is 8.22. The topological polar surface area (TPSA) is 71.1 Å². The molecule has 0 saturated heterocycles. The fourth-order valence-corrected chi connectivity index (χ4v) is 3.64. The van der Waals surface area contributed by atoms with Gasteiger partial charge in [0.15, 0.2) is 5.13 Å². The lowest BCUT2D eigenvalue weighted by Crippen LogP contribution is -2.14. The third-order valence-electron chi connectivity index (χ3n) is 3.47. The van der Waals surface area contributed by atoms with E-state index < -0.39 is 0 Å². The van der Waals surface area contributed by atoms with E-state index in [4.69, 9.17) is 11.6 Å². The van der Waals surface area contributed by atoms with Crippen LogP contribution in [0, 0.1) is 13.8 Å². The van der Waals surface area contributed by atoms with Crippen molar-refractivity contribution in [2.75, 3.05) is 10.6 Å². The van der Waals surface area contributed by atoms with Crippen molar-refractivity contribution >= 4 is 56.9 Å². The van der Waals surface area contributed by atoms with Gasteiger partial charge in [-0.2, -0.15) is 0 Å². The zero-order valence-corrected chi connectivity index (χ0v) is 15.8. The molecule has 1 aromatic carbocycles. The molecule has 0 bridgehead atoms. The maximum atomic E-state index is 12.4. The molecule has 3 aromatic rings. The number of thiazole rings is 1. The molecule has 0 aliphatic heterocycles. The molecule has 2 heterocycles. The van der Waals surface area contributed by atoms with Crippen molar-refractivity contribution in [3.8, 4) is 0 Å². The van der Waals surface area contributed by atoms with Gasteiger partial charge in [0.05, 0.1) is 21.3 Å². The van der Waals surface area contributed by atoms with Crippen molar-refractivity contribution in [1.29, 1.82) is 0 Å². The quantitative estimate of drug-likeness (QED) is 0.658. The first-order chi connectivity index (χ1) is 11.9. The van der Waals surface area contributed by atoms with Crippen molar-refractivity contribution < 1.29 is 9.59 Å².